The van der Waals surface area contributed by atoms with E-state index in [0.717, 1.165) is 14.0 Å². The second-order valence-electron chi connectivity index (χ2n) is 5.05. The van der Waals surface area contributed by atoms with Gasteiger partial charge in [-0.05, 0) is 52.4 Å². The summed E-state index contributed by atoms with van der Waals surface area (Å²) in [5.74, 6) is -0.859. The van der Waals surface area contributed by atoms with Crippen molar-refractivity contribution in [2.75, 3.05) is 0 Å². The molecule has 1 heterocycles. The third-order valence-electron chi connectivity index (χ3n) is 3.45. The van der Waals surface area contributed by atoms with Crippen molar-refractivity contribution in [1.29, 1.82) is 0 Å². The van der Waals surface area contributed by atoms with Crippen molar-refractivity contribution in [2.24, 2.45) is 4.99 Å². The minimum absolute atomic E-state index is 0.0776. The van der Waals surface area contributed by atoms with Gasteiger partial charge in [-0.25, -0.2) is 4.99 Å². The van der Waals surface area contributed by atoms with Crippen molar-refractivity contribution in [3.05, 3.63) is 63.7 Å². The molecule has 0 saturated carbocycles. The molecule has 3 rings (SSSR count). The van der Waals surface area contributed by atoms with Gasteiger partial charge in [-0.2, -0.15) is 0 Å². The lowest BCUT2D eigenvalue weighted by molar-refractivity contribution is -0.137. The van der Waals surface area contributed by atoms with E-state index in [4.69, 9.17) is 11.6 Å². The fourth-order valence-electron chi connectivity index (χ4n) is 2.28. The van der Waals surface area contributed by atoms with Crippen LogP contribution in [0.15, 0.2) is 59.6 Å². The second kappa shape index (κ2) is 6.80. The first-order chi connectivity index (χ1) is 11.1. The Kier molecular flexibility index (Phi) is 4.77. The first kappa shape index (κ1) is 16.1. The summed E-state index contributed by atoms with van der Waals surface area (Å²) in [5, 5.41) is -1.04. The van der Waals surface area contributed by atoms with Crippen molar-refractivity contribution in [3.63, 3.8) is 0 Å². The summed E-state index contributed by atoms with van der Waals surface area (Å²) >= 11 is 8.31. The molecule has 1 saturated heterocycles. The molecule has 0 aromatic heterocycles. The number of nitrogens with zero attached hydrogens (tertiary/aromatic N) is 2. The predicted octanol–water partition coefficient (Wildman–Crippen LogP) is 3.54. The van der Waals surface area contributed by atoms with Crippen LogP contribution < -0.4 is 0 Å². The van der Waals surface area contributed by atoms with Gasteiger partial charge in [0.25, 0.3) is 11.8 Å². The summed E-state index contributed by atoms with van der Waals surface area (Å²) in [4.78, 5) is 30.2. The van der Waals surface area contributed by atoms with Crippen LogP contribution in [0, 0.1) is 3.57 Å². The summed E-state index contributed by atoms with van der Waals surface area (Å²) in [7, 11) is 0. The highest BCUT2D eigenvalue weighted by Crippen LogP contribution is 2.23. The highest BCUT2D eigenvalue weighted by atomic mass is 127. The zero-order chi connectivity index (χ0) is 16.4. The molecule has 0 spiro atoms. The van der Waals surface area contributed by atoms with Gasteiger partial charge in [0.1, 0.15) is 5.71 Å². The fourth-order valence-corrected chi connectivity index (χ4v) is 2.89. The zero-order valence-electron chi connectivity index (χ0n) is 11.9. The Morgan fingerprint density at radius 2 is 1.70 bits per heavy atom. The Morgan fingerprint density at radius 1 is 1.04 bits per heavy atom. The summed E-state index contributed by atoms with van der Waals surface area (Å²) in [6.45, 7) is 0.202. The van der Waals surface area contributed by atoms with Crippen LogP contribution in [-0.4, -0.2) is 27.8 Å². The molecule has 6 heteroatoms. The van der Waals surface area contributed by atoms with Gasteiger partial charge in [0, 0.05) is 3.57 Å². The maximum atomic E-state index is 12.5. The van der Waals surface area contributed by atoms with Crippen molar-refractivity contribution in [2.45, 2.75) is 11.9 Å². The number of amides is 2. The molecule has 2 aromatic rings. The molecule has 0 aliphatic carbocycles. The maximum Gasteiger partial charge on any atom is 0.277 e. The minimum Gasteiger partial charge on any atom is -0.272 e. The topological polar surface area (TPSA) is 49.7 Å². The number of carbonyl (C=O) groups is 2. The lowest BCUT2D eigenvalue weighted by atomic mass is 10.2. The van der Waals surface area contributed by atoms with Gasteiger partial charge in [0.15, 0.2) is 5.38 Å². The standard InChI is InChI=1S/C17H12ClIN2O2/c18-14-15(20-13-8-6-12(19)7-9-13)17(23)21(16(14)22)10-11-4-2-1-3-5-11/h1-9,14H,10H2. The maximum absolute atomic E-state index is 12.5. The number of alkyl halides is 1. The highest BCUT2D eigenvalue weighted by molar-refractivity contribution is 14.1. The average Bonchev–Trinajstić information content (AvgIpc) is 2.76. The zero-order valence-corrected chi connectivity index (χ0v) is 14.9. The molecular weight excluding hydrogens is 427 g/mol. The van der Waals surface area contributed by atoms with Gasteiger partial charge < -0.3 is 0 Å². The molecule has 1 unspecified atom stereocenters. The number of carbonyl (C=O) groups excluding carboxylic acids is 2. The summed E-state index contributed by atoms with van der Waals surface area (Å²) in [6.07, 6.45) is 0. The minimum atomic E-state index is -1.04. The molecule has 1 atom stereocenters. The highest BCUT2D eigenvalue weighted by Gasteiger charge is 2.43. The van der Waals surface area contributed by atoms with Crippen molar-refractivity contribution in [1.82, 2.24) is 4.90 Å². The monoisotopic (exact) mass is 438 g/mol. The van der Waals surface area contributed by atoms with E-state index in [-0.39, 0.29) is 12.3 Å². The Bertz CT molecular complexity index is 775. The predicted molar refractivity (Wildman–Crippen MR) is 97.9 cm³/mol. The van der Waals surface area contributed by atoms with Crippen molar-refractivity contribution >= 4 is 57.4 Å². The molecule has 2 aromatic carbocycles. The second-order valence-corrected chi connectivity index (χ2v) is 6.73. The van der Waals surface area contributed by atoms with E-state index in [1.54, 1.807) is 12.1 Å². The van der Waals surface area contributed by atoms with E-state index >= 15 is 0 Å². The van der Waals surface area contributed by atoms with Gasteiger partial charge in [-0.1, -0.05) is 30.3 Å². The van der Waals surface area contributed by atoms with Gasteiger partial charge in [0.05, 0.1) is 12.2 Å². The Balaban J connectivity index is 1.87. The quantitative estimate of drug-likeness (QED) is 0.418. The lowest BCUT2D eigenvalue weighted by Crippen LogP contribution is -2.30. The summed E-state index contributed by atoms with van der Waals surface area (Å²) < 4.78 is 1.06. The molecule has 4 nitrogen and oxygen atoms in total. The lowest BCUT2D eigenvalue weighted by Gasteiger charge is -2.12. The summed E-state index contributed by atoms with van der Waals surface area (Å²) in [5.41, 5.74) is 1.55. The molecule has 0 N–H and O–H groups in total. The number of benzene rings is 2. The normalized spacial score (nSPS) is 19.7. The number of imide groups is 1. The SMILES string of the molecule is O=C1C(=Nc2ccc(I)cc2)C(Cl)C(=O)N1Cc1ccccc1. The number of aliphatic imine (C=N–C) groups is 1. The number of halogens is 2. The first-order valence-electron chi connectivity index (χ1n) is 6.94. The smallest absolute Gasteiger partial charge is 0.272 e. The fraction of sp³-hybridized carbons (Fsp3) is 0.118. The van der Waals surface area contributed by atoms with Crippen LogP contribution in [0.2, 0.25) is 0 Å². The number of hydrogen-bond donors (Lipinski definition) is 0. The van der Waals surface area contributed by atoms with E-state index < -0.39 is 17.2 Å². The average molecular weight is 439 g/mol. The number of rotatable bonds is 3. The molecule has 116 valence electrons. The number of hydrogen-bond acceptors (Lipinski definition) is 3. The van der Waals surface area contributed by atoms with Gasteiger partial charge >= 0.3 is 0 Å². The van der Waals surface area contributed by atoms with E-state index in [9.17, 15) is 9.59 Å². The third kappa shape index (κ3) is 3.45. The van der Waals surface area contributed by atoms with Gasteiger partial charge in [-0.15, -0.1) is 11.6 Å². The van der Waals surface area contributed by atoms with Gasteiger partial charge in [0.2, 0.25) is 0 Å². The Morgan fingerprint density at radius 3 is 2.35 bits per heavy atom. The van der Waals surface area contributed by atoms with Crippen molar-refractivity contribution in [3.8, 4) is 0 Å². The molecular formula is C17H12ClIN2O2. The van der Waals surface area contributed by atoms with Crippen molar-refractivity contribution < 1.29 is 9.59 Å². The van der Waals surface area contributed by atoms with Crippen LogP contribution in [0.1, 0.15) is 5.56 Å². The third-order valence-corrected chi connectivity index (χ3v) is 4.56. The van der Waals surface area contributed by atoms with Crippen LogP contribution in [0.3, 0.4) is 0 Å². The molecule has 0 bridgehead atoms. The van der Waals surface area contributed by atoms with Crippen LogP contribution in [0.5, 0.6) is 0 Å². The van der Waals surface area contributed by atoms with E-state index in [1.165, 1.54) is 0 Å². The van der Waals surface area contributed by atoms with Crippen LogP contribution >= 0.6 is 34.2 Å². The number of likely N-dealkylation sites (tertiary alicyclic amines) is 1. The van der Waals surface area contributed by atoms with Crippen LogP contribution in [0.4, 0.5) is 5.69 Å². The van der Waals surface area contributed by atoms with Crippen LogP contribution in [-0.2, 0) is 16.1 Å². The Hall–Kier alpha value is -1.73. The van der Waals surface area contributed by atoms with E-state index in [0.29, 0.717) is 5.69 Å². The van der Waals surface area contributed by atoms with E-state index in [2.05, 4.69) is 27.6 Å². The molecule has 23 heavy (non-hydrogen) atoms. The Labute approximate surface area is 152 Å². The van der Waals surface area contributed by atoms with E-state index in [1.807, 2.05) is 42.5 Å². The molecule has 2 amide bonds. The molecule has 0 radical (unpaired) electrons. The first-order valence-corrected chi connectivity index (χ1v) is 8.45. The largest absolute Gasteiger partial charge is 0.277 e. The molecule has 1 aliphatic heterocycles. The summed E-state index contributed by atoms with van der Waals surface area (Å²) in [6, 6.07) is 16.7. The molecule has 1 aliphatic rings. The van der Waals surface area contributed by atoms with Gasteiger partial charge in [-0.3, -0.25) is 14.5 Å². The van der Waals surface area contributed by atoms with Crippen LogP contribution in [0.25, 0.3) is 0 Å². The molecule has 1 fully saturated rings.